The van der Waals surface area contributed by atoms with Gasteiger partial charge in [-0.05, 0) is 51.3 Å². The van der Waals surface area contributed by atoms with Crippen LogP contribution in [0.5, 0.6) is 0 Å². The molecule has 24 heavy (non-hydrogen) atoms. The molecule has 0 radical (unpaired) electrons. The number of para-hydroxylation sites is 2. The molecule has 2 aliphatic rings. The number of hydrogen-bond acceptors (Lipinski definition) is 3. The predicted molar refractivity (Wildman–Crippen MR) is 96.1 cm³/mol. The van der Waals surface area contributed by atoms with Gasteiger partial charge in [0, 0.05) is 18.0 Å². The maximum absolute atomic E-state index is 12.8. The van der Waals surface area contributed by atoms with Crippen LogP contribution in [0.3, 0.4) is 0 Å². The van der Waals surface area contributed by atoms with Gasteiger partial charge in [0.2, 0.25) is 11.9 Å². The Kier molecular flexibility index (Phi) is 4.27. The minimum atomic E-state index is 0.0816. The van der Waals surface area contributed by atoms with Gasteiger partial charge in [-0.2, -0.15) is 0 Å². The molecule has 1 amide bonds. The predicted octanol–water partition coefficient (Wildman–Crippen LogP) is 3.48. The van der Waals surface area contributed by atoms with Crippen molar-refractivity contribution in [2.75, 3.05) is 11.9 Å². The first kappa shape index (κ1) is 15.6. The molecule has 4 rings (SSSR count). The summed E-state index contributed by atoms with van der Waals surface area (Å²) in [6.45, 7) is 3.06. The van der Waals surface area contributed by atoms with Gasteiger partial charge in [0.25, 0.3) is 0 Å². The summed E-state index contributed by atoms with van der Waals surface area (Å²) in [5, 5.41) is 6.56. The van der Waals surface area contributed by atoms with Crippen molar-refractivity contribution < 1.29 is 4.79 Å². The van der Waals surface area contributed by atoms with E-state index in [-0.39, 0.29) is 11.8 Å². The molecule has 0 unspecified atom stereocenters. The maximum Gasteiger partial charge on any atom is 0.229 e. The molecule has 1 saturated heterocycles. The molecule has 2 N–H and O–H groups in total. The minimum absolute atomic E-state index is 0.0816. The van der Waals surface area contributed by atoms with Gasteiger partial charge < -0.3 is 9.88 Å². The average molecular weight is 326 g/mol. The number of carbonyl (C=O) groups is 1. The summed E-state index contributed by atoms with van der Waals surface area (Å²) in [6.07, 6.45) is 6.67. The van der Waals surface area contributed by atoms with Gasteiger partial charge in [-0.15, -0.1) is 0 Å². The second kappa shape index (κ2) is 6.55. The van der Waals surface area contributed by atoms with Crippen LogP contribution < -0.4 is 10.6 Å². The topological polar surface area (TPSA) is 59.0 Å². The van der Waals surface area contributed by atoms with Crippen molar-refractivity contribution >= 4 is 22.9 Å². The molecule has 1 aromatic carbocycles. The highest BCUT2D eigenvalue weighted by atomic mass is 16.2. The van der Waals surface area contributed by atoms with Crippen LogP contribution in [0.1, 0.15) is 51.5 Å². The number of piperidine rings is 1. The fourth-order valence-electron chi connectivity index (χ4n) is 4.25. The van der Waals surface area contributed by atoms with E-state index < -0.39 is 0 Å². The third-order valence-electron chi connectivity index (χ3n) is 5.52. The summed E-state index contributed by atoms with van der Waals surface area (Å²) < 4.78 is 2.27. The molecule has 1 saturated carbocycles. The lowest BCUT2D eigenvalue weighted by atomic mass is 9.92. The first-order valence-electron chi connectivity index (χ1n) is 9.23. The number of hydrogen-bond donors (Lipinski definition) is 2. The second-order valence-electron chi connectivity index (χ2n) is 7.30. The van der Waals surface area contributed by atoms with Crippen molar-refractivity contribution in [3.8, 4) is 0 Å². The summed E-state index contributed by atoms with van der Waals surface area (Å²) in [4.78, 5) is 17.5. The van der Waals surface area contributed by atoms with Crippen molar-refractivity contribution in [1.82, 2.24) is 14.9 Å². The number of anilines is 1. The molecule has 5 nitrogen and oxygen atoms in total. The minimum Gasteiger partial charge on any atom is -0.314 e. The SMILES string of the molecule is C[C@H]1C[C@@H](C(=O)Nc2nc3ccccc3n2C2CCCC2)CCN1. The Balaban J connectivity index is 1.63. The monoisotopic (exact) mass is 326 g/mol. The Labute approximate surface area is 142 Å². The lowest BCUT2D eigenvalue weighted by Gasteiger charge is -2.27. The van der Waals surface area contributed by atoms with E-state index in [1.165, 1.54) is 25.7 Å². The number of aromatic nitrogens is 2. The number of fused-ring (bicyclic) bond motifs is 1. The fraction of sp³-hybridized carbons (Fsp3) is 0.579. The summed E-state index contributed by atoms with van der Waals surface area (Å²) in [5.74, 6) is 0.940. The third kappa shape index (κ3) is 2.93. The van der Waals surface area contributed by atoms with Gasteiger partial charge >= 0.3 is 0 Å². The number of carbonyl (C=O) groups excluding carboxylic acids is 1. The van der Waals surface area contributed by atoms with E-state index in [9.17, 15) is 4.79 Å². The zero-order valence-corrected chi connectivity index (χ0v) is 14.3. The van der Waals surface area contributed by atoms with Crippen molar-refractivity contribution in [2.24, 2.45) is 5.92 Å². The van der Waals surface area contributed by atoms with Gasteiger partial charge in [-0.25, -0.2) is 4.98 Å². The van der Waals surface area contributed by atoms with Gasteiger partial charge in [-0.1, -0.05) is 25.0 Å². The van der Waals surface area contributed by atoms with E-state index in [0.29, 0.717) is 12.1 Å². The Hall–Kier alpha value is -1.88. The molecule has 128 valence electrons. The second-order valence-corrected chi connectivity index (χ2v) is 7.30. The van der Waals surface area contributed by atoms with Gasteiger partial charge in [0.1, 0.15) is 0 Å². The molecule has 1 aliphatic carbocycles. The van der Waals surface area contributed by atoms with Gasteiger partial charge in [0.05, 0.1) is 11.0 Å². The zero-order chi connectivity index (χ0) is 16.5. The number of imidazole rings is 1. The number of amides is 1. The molecular formula is C19H26N4O. The quantitative estimate of drug-likeness (QED) is 0.908. The molecule has 0 spiro atoms. The van der Waals surface area contributed by atoms with E-state index in [1.807, 2.05) is 12.1 Å². The lowest BCUT2D eigenvalue weighted by molar-refractivity contribution is -0.120. The van der Waals surface area contributed by atoms with Crippen molar-refractivity contribution in [3.05, 3.63) is 24.3 Å². The third-order valence-corrected chi connectivity index (χ3v) is 5.52. The normalized spacial score (nSPS) is 25.2. The number of rotatable bonds is 3. The van der Waals surface area contributed by atoms with Gasteiger partial charge in [0.15, 0.2) is 0 Å². The van der Waals surface area contributed by atoms with Crippen molar-refractivity contribution in [3.63, 3.8) is 0 Å². The highest BCUT2D eigenvalue weighted by Crippen LogP contribution is 2.35. The summed E-state index contributed by atoms with van der Waals surface area (Å²) in [6, 6.07) is 9.07. The number of nitrogens with one attached hydrogen (secondary N) is 2. The van der Waals surface area contributed by atoms with Crippen LogP contribution in [-0.4, -0.2) is 28.0 Å². The Morgan fingerprint density at radius 2 is 2.04 bits per heavy atom. The molecule has 2 heterocycles. The largest absolute Gasteiger partial charge is 0.314 e. The molecule has 1 aromatic heterocycles. The molecule has 2 aromatic rings. The highest BCUT2D eigenvalue weighted by Gasteiger charge is 2.28. The number of benzene rings is 1. The molecule has 2 fully saturated rings. The lowest BCUT2D eigenvalue weighted by Crippen LogP contribution is -2.40. The number of nitrogens with zero attached hydrogens (tertiary/aromatic N) is 2. The standard InChI is InChI=1S/C19H26N4O/c1-13-12-14(10-11-20-13)18(24)22-19-21-16-8-4-5-9-17(16)23(19)15-6-2-3-7-15/h4-5,8-9,13-15,20H,2-3,6-7,10-12H2,1H3,(H,21,22,24)/t13-,14-/m0/s1. The molecular weight excluding hydrogens is 300 g/mol. The van der Waals surface area contributed by atoms with Crippen LogP contribution in [0.4, 0.5) is 5.95 Å². The Morgan fingerprint density at radius 3 is 2.83 bits per heavy atom. The van der Waals surface area contributed by atoms with E-state index in [0.717, 1.165) is 36.4 Å². The summed E-state index contributed by atoms with van der Waals surface area (Å²) >= 11 is 0. The van der Waals surface area contributed by atoms with Crippen LogP contribution in [0, 0.1) is 5.92 Å². The highest BCUT2D eigenvalue weighted by molar-refractivity contribution is 5.93. The Bertz CT molecular complexity index is 732. The van der Waals surface area contributed by atoms with E-state index in [1.54, 1.807) is 0 Å². The summed E-state index contributed by atoms with van der Waals surface area (Å²) in [5.41, 5.74) is 2.11. The zero-order valence-electron chi connectivity index (χ0n) is 14.3. The fourth-order valence-corrected chi connectivity index (χ4v) is 4.25. The van der Waals surface area contributed by atoms with Gasteiger partial charge in [-0.3, -0.25) is 10.1 Å². The molecule has 0 bridgehead atoms. The molecule has 5 heteroatoms. The maximum atomic E-state index is 12.8. The Morgan fingerprint density at radius 1 is 1.25 bits per heavy atom. The van der Waals surface area contributed by atoms with Crippen LogP contribution in [0.25, 0.3) is 11.0 Å². The first-order valence-corrected chi connectivity index (χ1v) is 9.23. The van der Waals surface area contributed by atoms with E-state index in [2.05, 4.69) is 34.3 Å². The smallest absolute Gasteiger partial charge is 0.229 e. The summed E-state index contributed by atoms with van der Waals surface area (Å²) in [7, 11) is 0. The van der Waals surface area contributed by atoms with Crippen LogP contribution in [0.15, 0.2) is 24.3 Å². The van der Waals surface area contributed by atoms with Crippen LogP contribution >= 0.6 is 0 Å². The molecule has 2 atom stereocenters. The van der Waals surface area contributed by atoms with Crippen LogP contribution in [-0.2, 0) is 4.79 Å². The molecule has 1 aliphatic heterocycles. The average Bonchev–Trinajstić information content (AvgIpc) is 3.21. The van der Waals surface area contributed by atoms with Crippen LogP contribution in [0.2, 0.25) is 0 Å². The van der Waals surface area contributed by atoms with E-state index in [4.69, 9.17) is 4.98 Å². The first-order chi connectivity index (χ1) is 11.7. The van der Waals surface area contributed by atoms with Crippen molar-refractivity contribution in [2.45, 2.75) is 57.5 Å². The van der Waals surface area contributed by atoms with Crippen molar-refractivity contribution in [1.29, 1.82) is 0 Å². The van der Waals surface area contributed by atoms with E-state index >= 15 is 0 Å².